The van der Waals surface area contributed by atoms with E-state index in [1.165, 1.54) is 22.9 Å². The number of hydrogen-bond donors (Lipinski definition) is 2. The van der Waals surface area contributed by atoms with E-state index in [-0.39, 0.29) is 21.6 Å². The Kier molecular flexibility index (Phi) is 4.09. The maximum atomic E-state index is 13.8. The van der Waals surface area contributed by atoms with Gasteiger partial charge in [-0.1, -0.05) is 17.7 Å². The van der Waals surface area contributed by atoms with Crippen LogP contribution in [0.15, 0.2) is 30.5 Å². The van der Waals surface area contributed by atoms with Crippen molar-refractivity contribution in [3.05, 3.63) is 63.7 Å². The predicted octanol–water partition coefficient (Wildman–Crippen LogP) is 2.61. The quantitative estimate of drug-likeness (QED) is 0.898. The molecule has 110 valence electrons. The van der Waals surface area contributed by atoms with Crippen LogP contribution in [-0.4, -0.2) is 10.5 Å². The van der Waals surface area contributed by atoms with Crippen molar-refractivity contribution >= 4 is 17.5 Å². The lowest BCUT2D eigenvalue weighted by Gasteiger charge is -2.18. The summed E-state index contributed by atoms with van der Waals surface area (Å²) in [4.78, 5) is 11.3. The molecule has 2 rings (SSSR count). The molecule has 0 aliphatic heterocycles. The van der Waals surface area contributed by atoms with E-state index in [2.05, 4.69) is 0 Å². The van der Waals surface area contributed by atoms with Gasteiger partial charge in [-0.25, -0.2) is 8.78 Å². The Morgan fingerprint density at radius 1 is 1.38 bits per heavy atom. The standard InChI is InChI=1S/C14H12ClF2N3O/c1-7(10-3-2-9(16)5-12(10)17)20-6-8(15)4-11(13(20)18)14(19)21/h2-7,18H,1H3,(H2,19,21)/t7-/m1/s1. The highest BCUT2D eigenvalue weighted by atomic mass is 35.5. The Morgan fingerprint density at radius 2 is 2.05 bits per heavy atom. The fourth-order valence-corrected chi connectivity index (χ4v) is 2.28. The van der Waals surface area contributed by atoms with Crippen LogP contribution in [0.25, 0.3) is 0 Å². The predicted molar refractivity (Wildman–Crippen MR) is 74.0 cm³/mol. The van der Waals surface area contributed by atoms with Crippen LogP contribution in [-0.2, 0) is 0 Å². The van der Waals surface area contributed by atoms with Gasteiger partial charge in [0.05, 0.1) is 16.6 Å². The molecule has 1 heterocycles. The molecule has 0 unspecified atom stereocenters. The molecule has 1 aromatic heterocycles. The highest BCUT2D eigenvalue weighted by Crippen LogP contribution is 2.22. The van der Waals surface area contributed by atoms with Crippen molar-refractivity contribution in [3.8, 4) is 0 Å². The van der Waals surface area contributed by atoms with Gasteiger partial charge in [0, 0.05) is 17.8 Å². The summed E-state index contributed by atoms with van der Waals surface area (Å²) in [5, 5.41) is 8.16. The first-order valence-electron chi connectivity index (χ1n) is 6.02. The Balaban J connectivity index is 2.61. The van der Waals surface area contributed by atoms with E-state index in [0.29, 0.717) is 0 Å². The van der Waals surface area contributed by atoms with Crippen LogP contribution in [0.4, 0.5) is 8.78 Å². The van der Waals surface area contributed by atoms with Crippen molar-refractivity contribution in [2.45, 2.75) is 13.0 Å². The Hall–Kier alpha value is -2.21. The van der Waals surface area contributed by atoms with E-state index in [1.54, 1.807) is 6.92 Å². The largest absolute Gasteiger partial charge is 0.365 e. The summed E-state index contributed by atoms with van der Waals surface area (Å²) in [6.45, 7) is 1.61. The van der Waals surface area contributed by atoms with Crippen molar-refractivity contribution in [1.29, 1.82) is 5.41 Å². The Labute approximate surface area is 124 Å². The number of nitrogens with one attached hydrogen (secondary N) is 1. The lowest BCUT2D eigenvalue weighted by molar-refractivity contribution is 0.0997. The molecule has 1 aromatic carbocycles. The average Bonchev–Trinajstić information content (AvgIpc) is 2.40. The number of halogens is 3. The number of carbonyl (C=O) groups is 1. The molecular formula is C14H12ClF2N3O. The minimum absolute atomic E-state index is 0.0723. The van der Waals surface area contributed by atoms with Crippen LogP contribution in [0.3, 0.4) is 0 Å². The van der Waals surface area contributed by atoms with Gasteiger partial charge < -0.3 is 10.3 Å². The fourth-order valence-electron chi connectivity index (χ4n) is 2.06. The molecular weight excluding hydrogens is 300 g/mol. The van der Waals surface area contributed by atoms with E-state index in [4.69, 9.17) is 22.7 Å². The van der Waals surface area contributed by atoms with Gasteiger partial charge >= 0.3 is 0 Å². The smallest absolute Gasteiger partial charge is 0.252 e. The minimum Gasteiger partial charge on any atom is -0.365 e. The third-order valence-electron chi connectivity index (χ3n) is 3.15. The van der Waals surface area contributed by atoms with Gasteiger partial charge in [0.2, 0.25) is 0 Å². The van der Waals surface area contributed by atoms with Crippen molar-refractivity contribution in [3.63, 3.8) is 0 Å². The average molecular weight is 312 g/mol. The fraction of sp³-hybridized carbons (Fsp3) is 0.143. The summed E-state index contributed by atoms with van der Waals surface area (Å²) in [7, 11) is 0. The van der Waals surface area contributed by atoms with Crippen LogP contribution in [0, 0.1) is 17.0 Å². The van der Waals surface area contributed by atoms with E-state index >= 15 is 0 Å². The number of pyridine rings is 1. The molecule has 2 aromatic rings. The molecule has 1 amide bonds. The molecule has 0 fully saturated rings. The van der Waals surface area contributed by atoms with Crippen LogP contribution in [0.2, 0.25) is 5.02 Å². The highest BCUT2D eigenvalue weighted by molar-refractivity contribution is 6.30. The number of primary amides is 1. The second kappa shape index (κ2) is 5.65. The van der Waals surface area contributed by atoms with Gasteiger partial charge in [0.15, 0.2) is 0 Å². The Bertz CT molecular complexity index is 773. The van der Waals surface area contributed by atoms with Crippen LogP contribution >= 0.6 is 11.6 Å². The number of nitrogens with zero attached hydrogens (tertiary/aromatic N) is 1. The Morgan fingerprint density at radius 3 is 2.62 bits per heavy atom. The third-order valence-corrected chi connectivity index (χ3v) is 3.36. The maximum absolute atomic E-state index is 13.8. The number of rotatable bonds is 3. The second-order valence-corrected chi connectivity index (χ2v) is 4.97. The van der Waals surface area contributed by atoms with Crippen molar-refractivity contribution in [1.82, 2.24) is 4.57 Å². The van der Waals surface area contributed by atoms with Gasteiger partial charge in [0.1, 0.15) is 17.1 Å². The SMILES string of the molecule is C[C@H](c1ccc(F)cc1F)n1cc(Cl)cc(C(N)=O)c1=N. The number of nitrogens with two attached hydrogens (primary N) is 1. The van der Waals surface area contributed by atoms with Crippen molar-refractivity contribution in [2.75, 3.05) is 0 Å². The normalized spacial score (nSPS) is 12.2. The summed E-state index contributed by atoms with van der Waals surface area (Å²) in [6, 6.07) is 3.78. The summed E-state index contributed by atoms with van der Waals surface area (Å²) >= 11 is 5.90. The van der Waals surface area contributed by atoms with Gasteiger partial charge in [-0.2, -0.15) is 0 Å². The summed E-state index contributed by atoms with van der Waals surface area (Å²) in [5.74, 6) is -2.23. The number of amides is 1. The number of carbonyl (C=O) groups excluding carboxylic acids is 1. The summed E-state index contributed by atoms with van der Waals surface area (Å²) in [6.07, 6.45) is 1.39. The minimum atomic E-state index is -0.803. The third kappa shape index (κ3) is 2.95. The topological polar surface area (TPSA) is 71.9 Å². The molecule has 0 aliphatic carbocycles. The molecule has 0 bridgehead atoms. The monoisotopic (exact) mass is 311 g/mol. The van der Waals surface area contributed by atoms with Crippen molar-refractivity contribution in [2.24, 2.45) is 5.73 Å². The molecule has 1 atom stereocenters. The molecule has 0 radical (unpaired) electrons. The lowest BCUT2D eigenvalue weighted by atomic mass is 10.1. The van der Waals surface area contributed by atoms with Gasteiger partial charge in [-0.3, -0.25) is 10.2 Å². The zero-order valence-corrected chi connectivity index (χ0v) is 11.8. The zero-order chi connectivity index (χ0) is 15.7. The van der Waals surface area contributed by atoms with Crippen LogP contribution in [0.5, 0.6) is 0 Å². The number of benzene rings is 1. The molecule has 0 saturated carbocycles. The van der Waals surface area contributed by atoms with Crippen LogP contribution < -0.4 is 11.2 Å². The van der Waals surface area contributed by atoms with E-state index < -0.39 is 23.6 Å². The lowest BCUT2D eigenvalue weighted by Crippen LogP contribution is -2.31. The molecule has 4 nitrogen and oxygen atoms in total. The molecule has 3 N–H and O–H groups in total. The molecule has 7 heteroatoms. The van der Waals surface area contributed by atoms with Crippen LogP contribution in [0.1, 0.15) is 28.9 Å². The number of hydrogen-bond acceptors (Lipinski definition) is 2. The maximum Gasteiger partial charge on any atom is 0.252 e. The first-order chi connectivity index (χ1) is 9.81. The molecule has 0 spiro atoms. The van der Waals surface area contributed by atoms with Gasteiger partial charge in [0.25, 0.3) is 5.91 Å². The zero-order valence-electron chi connectivity index (χ0n) is 11.0. The second-order valence-electron chi connectivity index (χ2n) is 4.53. The van der Waals surface area contributed by atoms with E-state index in [1.807, 2.05) is 0 Å². The molecule has 21 heavy (non-hydrogen) atoms. The first-order valence-corrected chi connectivity index (χ1v) is 6.40. The highest BCUT2D eigenvalue weighted by Gasteiger charge is 2.17. The van der Waals surface area contributed by atoms with Gasteiger partial charge in [-0.05, 0) is 19.1 Å². The number of aromatic nitrogens is 1. The van der Waals surface area contributed by atoms with E-state index in [0.717, 1.165) is 12.1 Å². The first kappa shape index (κ1) is 15.2. The van der Waals surface area contributed by atoms with Gasteiger partial charge in [-0.15, -0.1) is 0 Å². The molecule has 0 saturated heterocycles. The van der Waals surface area contributed by atoms with E-state index in [9.17, 15) is 13.6 Å². The summed E-state index contributed by atoms with van der Waals surface area (Å²) < 4.78 is 28.1. The summed E-state index contributed by atoms with van der Waals surface area (Å²) in [5.41, 5.74) is 5.10. The molecule has 0 aliphatic rings. The van der Waals surface area contributed by atoms with Crippen molar-refractivity contribution < 1.29 is 13.6 Å².